The highest BCUT2D eigenvalue weighted by Gasteiger charge is 2.19. The number of aromatic nitrogens is 2. The molecule has 1 atom stereocenters. The fourth-order valence-electron chi connectivity index (χ4n) is 3.46. The number of benzene rings is 1. The van der Waals surface area contributed by atoms with E-state index in [-0.39, 0.29) is 6.61 Å². The van der Waals surface area contributed by atoms with Crippen molar-refractivity contribution >= 4 is 34.2 Å². The van der Waals surface area contributed by atoms with Crippen molar-refractivity contribution in [1.82, 2.24) is 9.97 Å². The number of ether oxygens (including phenoxy) is 2. The number of nitrogens with one attached hydrogen (secondary N) is 1. The molecule has 2 heterocycles. The summed E-state index contributed by atoms with van der Waals surface area (Å²) in [4.78, 5) is 20.4. The molecule has 0 spiro atoms. The third-order valence-electron chi connectivity index (χ3n) is 5.16. The number of para-hydroxylation sites is 1. The molecule has 0 amide bonds. The molecule has 0 saturated heterocycles. The Kier molecular flexibility index (Phi) is 7.26. The summed E-state index contributed by atoms with van der Waals surface area (Å²) in [6, 6.07) is 9.24. The molecule has 3 aromatic rings. The van der Waals surface area contributed by atoms with Crippen LogP contribution in [0.3, 0.4) is 0 Å². The number of hydrogen-bond acceptors (Lipinski definition) is 6. The van der Waals surface area contributed by atoms with Crippen LogP contribution >= 0.6 is 11.6 Å². The van der Waals surface area contributed by atoms with Crippen LogP contribution < -0.4 is 4.74 Å². The van der Waals surface area contributed by atoms with E-state index < -0.39 is 12.1 Å². The van der Waals surface area contributed by atoms with Crippen molar-refractivity contribution in [2.45, 2.75) is 47.3 Å². The summed E-state index contributed by atoms with van der Waals surface area (Å²) in [5.41, 5.74) is 4.79. The first-order chi connectivity index (χ1) is 15.2. The summed E-state index contributed by atoms with van der Waals surface area (Å²) < 4.78 is 11.4. The minimum Gasteiger partial charge on any atom is -0.486 e. The molecule has 6 nitrogen and oxygen atoms in total. The maximum Gasteiger partial charge on any atom is 0.303 e. The lowest BCUT2D eigenvalue weighted by molar-refractivity contribution is -0.146. The van der Waals surface area contributed by atoms with Crippen LogP contribution in [-0.2, 0) is 16.1 Å². The van der Waals surface area contributed by atoms with E-state index in [4.69, 9.17) is 26.5 Å². The summed E-state index contributed by atoms with van der Waals surface area (Å²) in [5, 5.41) is 9.89. The van der Waals surface area contributed by atoms with Gasteiger partial charge in [-0.05, 0) is 51.5 Å². The van der Waals surface area contributed by atoms with Crippen LogP contribution in [0, 0.1) is 12.3 Å². The van der Waals surface area contributed by atoms with E-state index in [0.717, 1.165) is 22.2 Å². The molecule has 0 aliphatic rings. The zero-order chi connectivity index (χ0) is 23.4. The van der Waals surface area contributed by atoms with Crippen LogP contribution in [0.15, 0.2) is 48.2 Å². The van der Waals surface area contributed by atoms with Gasteiger partial charge in [-0.2, -0.15) is 0 Å². The van der Waals surface area contributed by atoms with E-state index in [1.165, 1.54) is 6.92 Å². The van der Waals surface area contributed by atoms with Gasteiger partial charge in [-0.1, -0.05) is 29.8 Å². The second kappa shape index (κ2) is 9.92. The first-order valence-electron chi connectivity index (χ1n) is 10.3. The Balaban J connectivity index is 2.01. The highest BCUT2D eigenvalue weighted by molar-refractivity contribution is 6.31. The van der Waals surface area contributed by atoms with Gasteiger partial charge in [0.25, 0.3) is 0 Å². The largest absolute Gasteiger partial charge is 0.486 e. The number of hydrogen-bond donors (Lipinski definition) is 1. The molecular weight excluding hydrogens is 426 g/mol. The minimum atomic E-state index is -0.562. The Labute approximate surface area is 192 Å². The minimum absolute atomic E-state index is 0.128. The molecule has 7 heteroatoms. The lowest BCUT2D eigenvalue weighted by Crippen LogP contribution is -2.11. The maximum atomic E-state index is 11.4. The van der Waals surface area contributed by atoms with Crippen molar-refractivity contribution < 1.29 is 14.3 Å². The summed E-state index contributed by atoms with van der Waals surface area (Å²) in [6.45, 7) is 8.96. The van der Waals surface area contributed by atoms with Gasteiger partial charge < -0.3 is 9.47 Å². The number of carbonyl (C=O) groups is 1. The van der Waals surface area contributed by atoms with Gasteiger partial charge in [0.15, 0.2) is 0 Å². The van der Waals surface area contributed by atoms with Gasteiger partial charge in [-0.15, -0.1) is 0 Å². The van der Waals surface area contributed by atoms with Crippen molar-refractivity contribution in [3.05, 3.63) is 75.7 Å². The molecule has 0 saturated carbocycles. The molecule has 1 N–H and O–H groups in total. The van der Waals surface area contributed by atoms with E-state index >= 15 is 0 Å². The van der Waals surface area contributed by atoms with Gasteiger partial charge in [0.05, 0.1) is 16.4 Å². The average molecular weight is 452 g/mol. The molecule has 0 fully saturated rings. The molecule has 1 aromatic carbocycles. The van der Waals surface area contributed by atoms with Gasteiger partial charge >= 0.3 is 5.97 Å². The summed E-state index contributed by atoms with van der Waals surface area (Å²) in [5.74, 6) is 0.177. The summed E-state index contributed by atoms with van der Waals surface area (Å²) in [7, 11) is 0. The molecule has 0 bridgehead atoms. The molecule has 0 aliphatic heterocycles. The second-order valence-corrected chi connectivity index (χ2v) is 7.91. The zero-order valence-electron chi connectivity index (χ0n) is 18.8. The van der Waals surface area contributed by atoms with E-state index in [1.807, 2.05) is 51.1 Å². The molecule has 3 rings (SSSR count). The molecule has 0 aliphatic carbocycles. The molecule has 0 radical (unpaired) electrons. The van der Waals surface area contributed by atoms with Crippen LogP contribution in [0.1, 0.15) is 56.3 Å². The number of aryl methyl sites for hydroxylation is 1. The van der Waals surface area contributed by atoms with Crippen LogP contribution in [0.4, 0.5) is 0 Å². The van der Waals surface area contributed by atoms with Gasteiger partial charge in [-0.3, -0.25) is 15.2 Å². The molecule has 1 unspecified atom stereocenters. The van der Waals surface area contributed by atoms with Crippen molar-refractivity contribution in [3.63, 3.8) is 0 Å². The highest BCUT2D eigenvalue weighted by Crippen LogP contribution is 2.31. The number of allylic oxidation sites excluding steroid dienone is 2. The Morgan fingerprint density at radius 2 is 2.03 bits per heavy atom. The predicted octanol–water partition coefficient (Wildman–Crippen LogP) is 6.13. The van der Waals surface area contributed by atoms with Gasteiger partial charge in [-0.25, -0.2) is 4.98 Å². The Morgan fingerprint density at radius 3 is 2.72 bits per heavy atom. The molecule has 166 valence electrons. The monoisotopic (exact) mass is 451 g/mol. The van der Waals surface area contributed by atoms with E-state index in [2.05, 4.69) is 9.97 Å². The SMILES string of the molecule is C/C=C(/C)C(=N)c1cc(C)nc2c(OCc3c(Cl)ccnc3C(C)OC(C)=O)cccc12. The number of carbonyl (C=O) groups excluding carboxylic acids is 1. The van der Waals surface area contributed by atoms with Gasteiger partial charge in [0.1, 0.15) is 24.0 Å². The van der Waals surface area contributed by atoms with Crippen LogP contribution in [-0.4, -0.2) is 21.6 Å². The van der Waals surface area contributed by atoms with Crippen LogP contribution in [0.25, 0.3) is 10.9 Å². The number of nitrogens with zero attached hydrogens (tertiary/aromatic N) is 2. The summed E-state index contributed by atoms with van der Waals surface area (Å²) in [6.07, 6.45) is 2.93. The third kappa shape index (κ3) is 4.97. The first kappa shape index (κ1) is 23.4. The molecular formula is C25H26ClN3O3. The number of halogens is 1. The third-order valence-corrected chi connectivity index (χ3v) is 5.51. The van der Waals surface area contributed by atoms with E-state index in [9.17, 15) is 4.79 Å². The second-order valence-electron chi connectivity index (χ2n) is 7.51. The number of esters is 1. The van der Waals surface area contributed by atoms with Crippen LogP contribution in [0.5, 0.6) is 5.75 Å². The zero-order valence-corrected chi connectivity index (χ0v) is 19.6. The van der Waals surface area contributed by atoms with Crippen molar-refractivity contribution in [2.24, 2.45) is 0 Å². The highest BCUT2D eigenvalue weighted by atomic mass is 35.5. The standard InChI is InChI=1S/C25H26ClN3O3/c1-6-14(2)23(27)19-12-15(3)29-25-18(19)8-7-9-22(25)31-13-20-21(26)10-11-28-24(20)16(4)32-17(5)30/h6-12,16,27H,13H2,1-5H3/b14-6-,27-23?. The molecule has 32 heavy (non-hydrogen) atoms. The first-order valence-corrected chi connectivity index (χ1v) is 10.7. The summed E-state index contributed by atoms with van der Waals surface area (Å²) >= 11 is 6.43. The van der Waals surface area contributed by atoms with Crippen molar-refractivity contribution in [3.8, 4) is 5.75 Å². The fraction of sp³-hybridized carbons (Fsp3) is 0.280. The van der Waals surface area contributed by atoms with Crippen molar-refractivity contribution in [2.75, 3.05) is 0 Å². The average Bonchev–Trinajstić information content (AvgIpc) is 2.76. The smallest absolute Gasteiger partial charge is 0.303 e. The fourth-order valence-corrected chi connectivity index (χ4v) is 3.67. The van der Waals surface area contributed by atoms with Crippen LogP contribution in [0.2, 0.25) is 5.02 Å². The predicted molar refractivity (Wildman–Crippen MR) is 126 cm³/mol. The number of pyridine rings is 2. The topological polar surface area (TPSA) is 85.2 Å². The Hall–Kier alpha value is -3.25. The quantitative estimate of drug-likeness (QED) is 0.345. The number of fused-ring (bicyclic) bond motifs is 1. The van der Waals surface area contributed by atoms with Crippen molar-refractivity contribution in [1.29, 1.82) is 5.41 Å². The lowest BCUT2D eigenvalue weighted by atomic mass is 9.98. The van der Waals surface area contributed by atoms with Gasteiger partial charge in [0.2, 0.25) is 0 Å². The normalized spacial score (nSPS) is 12.5. The van der Waals surface area contributed by atoms with E-state index in [1.54, 1.807) is 19.2 Å². The molecule has 2 aromatic heterocycles. The van der Waals surface area contributed by atoms with Gasteiger partial charge in [0, 0.05) is 35.3 Å². The Morgan fingerprint density at radius 1 is 1.28 bits per heavy atom. The Bertz CT molecular complexity index is 1220. The maximum absolute atomic E-state index is 11.4. The van der Waals surface area contributed by atoms with E-state index in [0.29, 0.717) is 33.3 Å². The lowest BCUT2D eigenvalue weighted by Gasteiger charge is -2.18. The number of rotatable bonds is 7.